The molecule has 0 aromatic heterocycles. The van der Waals surface area contributed by atoms with E-state index in [0.717, 1.165) is 0 Å². The smallest absolute Gasteiger partial charge is 0.322 e. The predicted octanol–water partition coefficient (Wildman–Crippen LogP) is 0.680. The van der Waals surface area contributed by atoms with E-state index in [-0.39, 0.29) is 12.2 Å². The molecule has 0 radical (unpaired) electrons. The summed E-state index contributed by atoms with van der Waals surface area (Å²) >= 11 is 5.70. The minimum atomic E-state index is -3.60. The van der Waals surface area contributed by atoms with Crippen LogP contribution in [0.1, 0.15) is 6.42 Å². The van der Waals surface area contributed by atoms with Gasteiger partial charge in [-0.2, -0.15) is 0 Å². The van der Waals surface area contributed by atoms with Crippen molar-refractivity contribution in [2.24, 2.45) is 0 Å². The number of carbonyl (C=O) groups excluding carboxylic acids is 2. The summed E-state index contributed by atoms with van der Waals surface area (Å²) in [6, 6.07) is 4.76. The van der Waals surface area contributed by atoms with Crippen LogP contribution in [0, 0.1) is 0 Å². The van der Waals surface area contributed by atoms with Crippen LogP contribution in [0.4, 0.5) is 10.5 Å². The van der Waals surface area contributed by atoms with Crippen LogP contribution in [-0.4, -0.2) is 32.2 Å². The molecule has 1 aliphatic heterocycles. The highest BCUT2D eigenvalue weighted by atomic mass is 35.5. The number of sulfonamides is 1. The molecule has 1 aliphatic rings. The second-order valence-electron chi connectivity index (χ2n) is 4.23. The second-order valence-corrected chi connectivity index (χ2v) is 6.51. The topological polar surface area (TPSA) is 104 Å². The number of imide groups is 1. The minimum absolute atomic E-state index is 0.000492. The molecule has 1 aromatic rings. The van der Waals surface area contributed by atoms with E-state index < -0.39 is 28.0 Å². The summed E-state index contributed by atoms with van der Waals surface area (Å²) in [5.74, 6) is -0.801. The molecular weight excluding hydrogens is 306 g/mol. The van der Waals surface area contributed by atoms with E-state index in [1.165, 1.54) is 12.1 Å². The Morgan fingerprint density at radius 2 is 1.85 bits per heavy atom. The lowest BCUT2D eigenvalue weighted by atomic mass is 10.2. The lowest BCUT2D eigenvalue weighted by Crippen LogP contribution is -2.32. The molecule has 1 aromatic carbocycles. The first-order chi connectivity index (χ1) is 9.35. The van der Waals surface area contributed by atoms with Crippen LogP contribution in [-0.2, 0) is 14.8 Å². The normalized spacial score (nSPS) is 18.6. The van der Waals surface area contributed by atoms with Gasteiger partial charge in [0.05, 0.1) is 5.75 Å². The van der Waals surface area contributed by atoms with Gasteiger partial charge in [-0.3, -0.25) is 14.8 Å². The predicted molar refractivity (Wildman–Crippen MR) is 73.9 cm³/mol. The Hall–Kier alpha value is -1.80. The highest BCUT2D eigenvalue weighted by molar-refractivity contribution is 7.92. The molecule has 0 spiro atoms. The summed E-state index contributed by atoms with van der Waals surface area (Å²) in [7, 11) is -3.60. The zero-order valence-corrected chi connectivity index (χ0v) is 11.8. The molecule has 20 heavy (non-hydrogen) atoms. The maximum Gasteiger partial charge on any atom is 0.322 e. The molecule has 7 nitrogen and oxygen atoms in total. The van der Waals surface area contributed by atoms with Crippen LogP contribution in [0.15, 0.2) is 24.3 Å². The summed E-state index contributed by atoms with van der Waals surface area (Å²) < 4.78 is 26.0. The molecule has 1 unspecified atom stereocenters. The summed E-state index contributed by atoms with van der Waals surface area (Å²) in [4.78, 5) is 22.2. The molecule has 0 bridgehead atoms. The fourth-order valence-electron chi connectivity index (χ4n) is 1.68. The number of hydrogen-bond donors (Lipinski definition) is 3. The number of urea groups is 1. The van der Waals surface area contributed by atoms with Crippen LogP contribution >= 0.6 is 11.6 Å². The summed E-state index contributed by atoms with van der Waals surface area (Å²) in [6.07, 6.45) is 0.000492. The number of benzene rings is 1. The largest absolute Gasteiger partial charge is 0.326 e. The molecule has 1 fully saturated rings. The first-order valence-corrected chi connectivity index (χ1v) is 7.76. The molecule has 1 atom stereocenters. The van der Waals surface area contributed by atoms with E-state index >= 15 is 0 Å². The third-order valence-electron chi connectivity index (χ3n) is 2.65. The quantitative estimate of drug-likeness (QED) is 0.694. The van der Waals surface area contributed by atoms with Gasteiger partial charge in [0.2, 0.25) is 10.0 Å². The second kappa shape index (κ2) is 5.68. The number of halogens is 1. The van der Waals surface area contributed by atoms with Gasteiger partial charge < -0.3 is 5.32 Å². The summed E-state index contributed by atoms with van der Waals surface area (Å²) in [5.41, 5.74) is 0.384. The Morgan fingerprint density at radius 3 is 2.40 bits per heavy atom. The van der Waals surface area contributed by atoms with E-state index in [1.807, 2.05) is 5.32 Å². The third-order valence-corrected chi connectivity index (χ3v) is 4.22. The third kappa shape index (κ3) is 3.84. The van der Waals surface area contributed by atoms with Crippen molar-refractivity contribution in [3.63, 3.8) is 0 Å². The molecule has 1 heterocycles. The fraction of sp³-hybridized carbons (Fsp3) is 0.273. The fourth-order valence-corrected chi connectivity index (χ4v) is 2.95. The monoisotopic (exact) mass is 317 g/mol. The number of anilines is 1. The van der Waals surface area contributed by atoms with Gasteiger partial charge in [-0.25, -0.2) is 13.2 Å². The summed E-state index contributed by atoms with van der Waals surface area (Å²) in [6.45, 7) is 0. The SMILES string of the molecule is O=C1NC(=O)C(CCS(=O)(=O)Nc2ccc(Cl)cc2)N1. The minimum Gasteiger partial charge on any atom is -0.326 e. The number of rotatable bonds is 5. The average molecular weight is 318 g/mol. The van der Waals surface area contributed by atoms with Crippen LogP contribution < -0.4 is 15.4 Å². The van der Waals surface area contributed by atoms with Gasteiger partial charge in [-0.1, -0.05) is 11.6 Å². The highest BCUT2D eigenvalue weighted by Gasteiger charge is 2.30. The Balaban J connectivity index is 1.93. The first kappa shape index (κ1) is 14.6. The van der Waals surface area contributed by atoms with Gasteiger partial charge in [0.15, 0.2) is 0 Å². The lowest BCUT2D eigenvalue weighted by Gasteiger charge is -2.10. The van der Waals surface area contributed by atoms with Crippen molar-refractivity contribution in [3.05, 3.63) is 29.3 Å². The van der Waals surface area contributed by atoms with Gasteiger partial charge >= 0.3 is 6.03 Å². The van der Waals surface area contributed by atoms with Crippen LogP contribution in [0.2, 0.25) is 5.02 Å². The Bertz CT molecular complexity index is 630. The van der Waals surface area contributed by atoms with Crippen molar-refractivity contribution in [2.75, 3.05) is 10.5 Å². The Kier molecular flexibility index (Phi) is 4.15. The molecular formula is C11H12ClN3O4S. The van der Waals surface area contributed by atoms with Crippen LogP contribution in [0.25, 0.3) is 0 Å². The maximum atomic E-state index is 11.8. The van der Waals surface area contributed by atoms with Crippen LogP contribution in [0.3, 0.4) is 0 Å². The molecule has 2 rings (SSSR count). The molecule has 0 saturated carbocycles. The van der Waals surface area contributed by atoms with E-state index in [9.17, 15) is 18.0 Å². The van der Waals surface area contributed by atoms with E-state index in [1.54, 1.807) is 12.1 Å². The first-order valence-electron chi connectivity index (χ1n) is 5.73. The van der Waals surface area contributed by atoms with Gasteiger partial charge in [-0.05, 0) is 30.7 Å². The van der Waals surface area contributed by atoms with E-state index in [2.05, 4.69) is 10.0 Å². The van der Waals surface area contributed by atoms with Crippen molar-refractivity contribution >= 4 is 39.2 Å². The Morgan fingerprint density at radius 1 is 1.20 bits per heavy atom. The van der Waals surface area contributed by atoms with E-state index in [4.69, 9.17) is 11.6 Å². The van der Waals surface area contributed by atoms with E-state index in [0.29, 0.717) is 10.7 Å². The van der Waals surface area contributed by atoms with Gasteiger partial charge in [0.1, 0.15) is 6.04 Å². The molecule has 3 amide bonds. The van der Waals surface area contributed by atoms with Gasteiger partial charge in [-0.15, -0.1) is 0 Å². The lowest BCUT2D eigenvalue weighted by molar-refractivity contribution is -0.120. The van der Waals surface area contributed by atoms with Crippen LogP contribution in [0.5, 0.6) is 0 Å². The zero-order chi connectivity index (χ0) is 14.8. The highest BCUT2D eigenvalue weighted by Crippen LogP contribution is 2.15. The molecule has 0 aliphatic carbocycles. The zero-order valence-electron chi connectivity index (χ0n) is 10.2. The maximum absolute atomic E-state index is 11.8. The average Bonchev–Trinajstić information content (AvgIpc) is 2.68. The van der Waals surface area contributed by atoms with Crippen molar-refractivity contribution in [1.29, 1.82) is 0 Å². The molecule has 108 valence electrons. The standard InChI is InChI=1S/C11H12ClN3O4S/c12-7-1-3-8(4-2-7)15-20(18,19)6-5-9-10(16)14-11(17)13-9/h1-4,9,15H,5-6H2,(H2,13,14,16,17). The van der Waals surface area contributed by atoms with Crippen molar-refractivity contribution in [3.8, 4) is 0 Å². The number of carbonyl (C=O) groups is 2. The van der Waals surface area contributed by atoms with Crippen molar-refractivity contribution < 1.29 is 18.0 Å². The molecule has 3 N–H and O–H groups in total. The summed E-state index contributed by atoms with van der Waals surface area (Å²) in [5, 5.41) is 4.88. The number of nitrogens with one attached hydrogen (secondary N) is 3. The number of hydrogen-bond acceptors (Lipinski definition) is 4. The van der Waals surface area contributed by atoms with Crippen molar-refractivity contribution in [1.82, 2.24) is 10.6 Å². The number of amides is 3. The molecule has 9 heteroatoms. The molecule has 1 saturated heterocycles. The Labute approximate surface area is 120 Å². The van der Waals surface area contributed by atoms with Gasteiger partial charge in [0.25, 0.3) is 5.91 Å². The van der Waals surface area contributed by atoms with Gasteiger partial charge in [0, 0.05) is 10.7 Å². The van der Waals surface area contributed by atoms with Crippen molar-refractivity contribution in [2.45, 2.75) is 12.5 Å².